The SMILES string of the molecule is Clc1ccc(NCc2nc(C3CC4CCC3C4)no2)cc1. The summed E-state index contributed by atoms with van der Waals surface area (Å²) in [6, 6.07) is 7.60. The molecule has 1 aromatic carbocycles. The van der Waals surface area contributed by atoms with Crippen LogP contribution in [0.5, 0.6) is 0 Å². The number of aromatic nitrogens is 2. The number of nitrogens with one attached hydrogen (secondary N) is 1. The van der Waals surface area contributed by atoms with E-state index in [0.29, 0.717) is 18.4 Å². The average Bonchev–Trinajstić information content (AvgIpc) is 3.22. The number of halogens is 1. The number of nitrogens with zero attached hydrogens (tertiary/aromatic N) is 2. The highest BCUT2D eigenvalue weighted by Gasteiger charge is 2.42. The summed E-state index contributed by atoms with van der Waals surface area (Å²) in [6.07, 6.45) is 5.33. The van der Waals surface area contributed by atoms with Crippen molar-refractivity contribution in [1.82, 2.24) is 10.1 Å². The average molecular weight is 304 g/mol. The molecule has 0 aliphatic heterocycles. The van der Waals surface area contributed by atoms with Gasteiger partial charge in [-0.2, -0.15) is 4.98 Å². The summed E-state index contributed by atoms with van der Waals surface area (Å²) in [4.78, 5) is 4.58. The Morgan fingerprint density at radius 2 is 2.05 bits per heavy atom. The molecule has 3 unspecified atom stereocenters. The fourth-order valence-electron chi connectivity index (χ4n) is 3.80. The van der Waals surface area contributed by atoms with Gasteiger partial charge in [-0.3, -0.25) is 0 Å². The highest BCUT2D eigenvalue weighted by Crippen LogP contribution is 2.52. The summed E-state index contributed by atoms with van der Waals surface area (Å²) < 4.78 is 5.38. The van der Waals surface area contributed by atoms with Gasteiger partial charge in [-0.25, -0.2) is 0 Å². The van der Waals surface area contributed by atoms with Crippen molar-refractivity contribution in [2.45, 2.75) is 38.1 Å². The van der Waals surface area contributed by atoms with Crippen LogP contribution in [0.3, 0.4) is 0 Å². The fraction of sp³-hybridized carbons (Fsp3) is 0.500. The molecule has 1 aromatic heterocycles. The van der Waals surface area contributed by atoms with Gasteiger partial charge in [0.25, 0.3) is 0 Å². The largest absolute Gasteiger partial charge is 0.376 e. The van der Waals surface area contributed by atoms with E-state index in [1.165, 1.54) is 25.7 Å². The van der Waals surface area contributed by atoms with Crippen LogP contribution in [0.2, 0.25) is 5.02 Å². The molecule has 1 heterocycles. The maximum atomic E-state index is 5.87. The molecule has 5 heteroatoms. The Bertz CT molecular complexity index is 625. The van der Waals surface area contributed by atoms with E-state index in [4.69, 9.17) is 16.1 Å². The number of fused-ring (bicyclic) bond motifs is 2. The summed E-state index contributed by atoms with van der Waals surface area (Å²) in [7, 11) is 0. The van der Waals surface area contributed by atoms with Crippen LogP contribution in [0.15, 0.2) is 28.8 Å². The van der Waals surface area contributed by atoms with Gasteiger partial charge < -0.3 is 9.84 Å². The molecule has 2 saturated carbocycles. The van der Waals surface area contributed by atoms with Crippen LogP contribution in [-0.4, -0.2) is 10.1 Å². The first kappa shape index (κ1) is 13.1. The highest BCUT2D eigenvalue weighted by atomic mass is 35.5. The van der Waals surface area contributed by atoms with Crippen LogP contribution in [0.1, 0.15) is 43.3 Å². The number of hydrogen-bond acceptors (Lipinski definition) is 4. The lowest BCUT2D eigenvalue weighted by Crippen LogP contribution is -2.10. The van der Waals surface area contributed by atoms with Crippen LogP contribution in [0.4, 0.5) is 5.69 Å². The highest BCUT2D eigenvalue weighted by molar-refractivity contribution is 6.30. The molecular weight excluding hydrogens is 286 g/mol. The molecule has 2 aliphatic carbocycles. The fourth-order valence-corrected chi connectivity index (χ4v) is 3.92. The van der Waals surface area contributed by atoms with Crippen molar-refractivity contribution in [2.24, 2.45) is 11.8 Å². The van der Waals surface area contributed by atoms with E-state index < -0.39 is 0 Å². The number of rotatable bonds is 4. The Morgan fingerprint density at radius 3 is 2.76 bits per heavy atom. The topological polar surface area (TPSA) is 51.0 Å². The van der Waals surface area contributed by atoms with Crippen molar-refractivity contribution in [3.8, 4) is 0 Å². The van der Waals surface area contributed by atoms with Gasteiger partial charge in [0.15, 0.2) is 5.82 Å². The van der Waals surface area contributed by atoms with Gasteiger partial charge in [-0.05, 0) is 55.4 Å². The first-order chi connectivity index (χ1) is 10.3. The second-order valence-electron chi connectivity index (χ2n) is 6.19. The zero-order valence-corrected chi connectivity index (χ0v) is 12.5. The third-order valence-electron chi connectivity index (χ3n) is 4.84. The van der Waals surface area contributed by atoms with Gasteiger partial charge in [-0.15, -0.1) is 0 Å². The van der Waals surface area contributed by atoms with Crippen molar-refractivity contribution in [1.29, 1.82) is 0 Å². The summed E-state index contributed by atoms with van der Waals surface area (Å²) >= 11 is 5.87. The monoisotopic (exact) mass is 303 g/mol. The van der Waals surface area contributed by atoms with E-state index in [-0.39, 0.29) is 0 Å². The molecule has 0 spiro atoms. The zero-order chi connectivity index (χ0) is 14.2. The minimum atomic E-state index is 0.525. The van der Waals surface area contributed by atoms with E-state index in [9.17, 15) is 0 Å². The summed E-state index contributed by atoms with van der Waals surface area (Å²) in [6.45, 7) is 0.551. The van der Waals surface area contributed by atoms with Crippen molar-refractivity contribution in [3.63, 3.8) is 0 Å². The minimum absolute atomic E-state index is 0.525. The van der Waals surface area contributed by atoms with E-state index in [0.717, 1.165) is 28.4 Å². The number of benzene rings is 1. The molecule has 2 aliphatic rings. The molecular formula is C16H18ClN3O. The van der Waals surface area contributed by atoms with Crippen molar-refractivity contribution in [2.75, 3.05) is 5.32 Å². The zero-order valence-electron chi connectivity index (χ0n) is 11.8. The van der Waals surface area contributed by atoms with Crippen molar-refractivity contribution in [3.05, 3.63) is 41.0 Å². The third-order valence-corrected chi connectivity index (χ3v) is 5.09. The first-order valence-electron chi connectivity index (χ1n) is 7.60. The molecule has 2 fully saturated rings. The minimum Gasteiger partial charge on any atom is -0.376 e. The Hall–Kier alpha value is -1.55. The second kappa shape index (κ2) is 5.34. The Morgan fingerprint density at radius 1 is 1.19 bits per heavy atom. The van der Waals surface area contributed by atoms with Crippen molar-refractivity contribution >= 4 is 17.3 Å². The van der Waals surface area contributed by atoms with E-state index in [1.54, 1.807) is 0 Å². The lowest BCUT2D eigenvalue weighted by Gasteiger charge is -2.17. The lowest BCUT2D eigenvalue weighted by molar-refractivity contribution is 0.354. The summed E-state index contributed by atoms with van der Waals surface area (Å²) in [5, 5.41) is 8.20. The van der Waals surface area contributed by atoms with E-state index >= 15 is 0 Å². The van der Waals surface area contributed by atoms with Crippen LogP contribution in [-0.2, 0) is 6.54 Å². The Labute approximate surface area is 128 Å². The molecule has 4 nitrogen and oxygen atoms in total. The van der Waals surface area contributed by atoms with Gasteiger partial charge in [0.2, 0.25) is 5.89 Å². The van der Waals surface area contributed by atoms with Crippen molar-refractivity contribution < 1.29 is 4.52 Å². The predicted molar refractivity (Wildman–Crippen MR) is 81.3 cm³/mol. The molecule has 0 amide bonds. The van der Waals surface area contributed by atoms with Gasteiger partial charge >= 0.3 is 0 Å². The molecule has 0 saturated heterocycles. The maximum Gasteiger partial charge on any atom is 0.245 e. The third kappa shape index (κ3) is 2.64. The van der Waals surface area contributed by atoms with E-state index in [1.807, 2.05) is 24.3 Å². The molecule has 4 rings (SSSR count). The molecule has 21 heavy (non-hydrogen) atoms. The normalized spacial score (nSPS) is 27.2. The first-order valence-corrected chi connectivity index (χ1v) is 7.97. The second-order valence-corrected chi connectivity index (χ2v) is 6.62. The number of anilines is 1. The molecule has 0 radical (unpaired) electrons. The number of hydrogen-bond donors (Lipinski definition) is 1. The quantitative estimate of drug-likeness (QED) is 0.918. The smallest absolute Gasteiger partial charge is 0.245 e. The standard InChI is InChI=1S/C16H18ClN3O/c17-12-3-5-13(6-4-12)18-9-15-19-16(20-21-15)14-8-10-1-2-11(14)7-10/h3-6,10-11,14,18H,1-2,7-9H2. The molecule has 3 atom stereocenters. The molecule has 1 N–H and O–H groups in total. The van der Waals surface area contributed by atoms with Crippen LogP contribution in [0.25, 0.3) is 0 Å². The van der Waals surface area contributed by atoms with Crippen LogP contribution in [0, 0.1) is 11.8 Å². The Balaban J connectivity index is 1.39. The predicted octanol–water partition coefficient (Wildman–Crippen LogP) is 4.24. The molecule has 2 bridgehead atoms. The molecule has 2 aromatic rings. The van der Waals surface area contributed by atoms with Crippen LogP contribution >= 0.6 is 11.6 Å². The molecule has 110 valence electrons. The van der Waals surface area contributed by atoms with E-state index in [2.05, 4.69) is 15.5 Å². The summed E-state index contributed by atoms with van der Waals surface area (Å²) in [5.74, 6) is 3.77. The lowest BCUT2D eigenvalue weighted by atomic mass is 9.88. The maximum absolute atomic E-state index is 5.87. The van der Waals surface area contributed by atoms with Crippen LogP contribution < -0.4 is 5.32 Å². The van der Waals surface area contributed by atoms with Gasteiger partial charge in [0.05, 0.1) is 6.54 Å². The van der Waals surface area contributed by atoms with Gasteiger partial charge in [-0.1, -0.05) is 23.2 Å². The Kier molecular flexibility index (Phi) is 3.34. The summed E-state index contributed by atoms with van der Waals surface area (Å²) in [5.41, 5.74) is 0.999. The van der Waals surface area contributed by atoms with Gasteiger partial charge in [0.1, 0.15) is 0 Å². The van der Waals surface area contributed by atoms with Gasteiger partial charge in [0, 0.05) is 16.6 Å².